The number of hydrogen-bond donors (Lipinski definition) is 1. The number of carbonyl (C=O) groups excluding carboxylic acids is 1. The molecule has 3 aromatic rings. The first kappa shape index (κ1) is 22.2. The Morgan fingerprint density at radius 1 is 1.09 bits per heavy atom. The molecule has 1 atom stereocenters. The van der Waals surface area contributed by atoms with E-state index in [0.29, 0.717) is 36.9 Å². The Balaban J connectivity index is 1.37. The predicted molar refractivity (Wildman–Crippen MR) is 134 cm³/mol. The quantitative estimate of drug-likeness (QED) is 0.610. The average Bonchev–Trinajstić information content (AvgIpc) is 3.63. The van der Waals surface area contributed by atoms with Crippen LogP contribution >= 0.6 is 0 Å². The number of rotatable bonds is 5. The number of nitrogens with zero attached hydrogens (tertiary/aromatic N) is 4. The number of ether oxygens (including phenoxy) is 1. The van der Waals surface area contributed by atoms with Gasteiger partial charge < -0.3 is 15.0 Å². The highest BCUT2D eigenvalue weighted by atomic mass is 16.5. The average molecular weight is 474 g/mol. The van der Waals surface area contributed by atoms with E-state index in [4.69, 9.17) is 9.72 Å². The van der Waals surface area contributed by atoms with Crippen LogP contribution in [0.3, 0.4) is 0 Å². The summed E-state index contributed by atoms with van der Waals surface area (Å²) in [4.78, 5) is 37.7. The van der Waals surface area contributed by atoms with Crippen molar-refractivity contribution in [3.05, 3.63) is 52.4 Å². The molecule has 0 unspecified atom stereocenters. The van der Waals surface area contributed by atoms with Gasteiger partial charge in [0.1, 0.15) is 5.65 Å². The van der Waals surface area contributed by atoms with E-state index < -0.39 is 0 Å². The van der Waals surface area contributed by atoms with Gasteiger partial charge in [0.25, 0.3) is 5.56 Å². The van der Waals surface area contributed by atoms with Crippen LogP contribution in [0.4, 0.5) is 5.95 Å². The fourth-order valence-corrected chi connectivity index (χ4v) is 5.39. The molecule has 8 heteroatoms. The van der Waals surface area contributed by atoms with E-state index in [1.807, 2.05) is 52.9 Å². The molecule has 8 nitrogen and oxygen atoms in total. The maximum atomic E-state index is 13.9. The molecule has 1 saturated carbocycles. The predicted octanol–water partition coefficient (Wildman–Crippen LogP) is 3.54. The first-order valence-corrected chi connectivity index (χ1v) is 12.7. The van der Waals surface area contributed by atoms with E-state index in [2.05, 4.69) is 10.3 Å². The highest BCUT2D eigenvalue weighted by Gasteiger charge is 2.36. The summed E-state index contributed by atoms with van der Waals surface area (Å²) in [6.45, 7) is 4.75. The topological polar surface area (TPSA) is 89.3 Å². The first-order valence-electron chi connectivity index (χ1n) is 12.7. The van der Waals surface area contributed by atoms with Crippen LogP contribution in [-0.4, -0.2) is 57.7 Å². The van der Waals surface area contributed by atoms with Gasteiger partial charge in [-0.2, -0.15) is 4.98 Å². The van der Waals surface area contributed by atoms with Gasteiger partial charge in [-0.25, -0.2) is 4.98 Å². The molecule has 3 fully saturated rings. The van der Waals surface area contributed by atoms with Crippen molar-refractivity contribution in [2.24, 2.45) is 5.92 Å². The maximum absolute atomic E-state index is 13.9. The number of likely N-dealkylation sites (tertiary alicyclic amines) is 1. The third-order valence-electron chi connectivity index (χ3n) is 7.52. The van der Waals surface area contributed by atoms with Crippen molar-refractivity contribution in [1.82, 2.24) is 19.4 Å². The molecule has 3 aliphatic rings. The summed E-state index contributed by atoms with van der Waals surface area (Å²) in [5.74, 6) is 1.03. The number of aromatic nitrogens is 3. The molecule has 4 heterocycles. The highest BCUT2D eigenvalue weighted by molar-refractivity contribution is 5.83. The van der Waals surface area contributed by atoms with Crippen molar-refractivity contribution in [3.63, 3.8) is 0 Å². The number of amides is 1. The van der Waals surface area contributed by atoms with Crippen molar-refractivity contribution in [2.45, 2.75) is 51.1 Å². The van der Waals surface area contributed by atoms with E-state index in [9.17, 15) is 9.59 Å². The molecule has 2 aromatic heterocycles. The lowest BCUT2D eigenvalue weighted by Crippen LogP contribution is -2.33. The number of pyridine rings is 1. The standard InChI is InChI=1S/C27H31N5O3/c1-17-4-2-3-5-22(17)23-14-19-15-28-27(29-20-8-11-31(16-20)25(33)18-6-7-18)30-24(19)32(26(23)34)21-9-12-35-13-10-21/h2-5,14-15,18,20-21H,6-13,16H2,1H3,(H,28,29,30)/t20-/m0/s1. The SMILES string of the molecule is Cc1ccccc1-c1cc2cnc(N[C@H]3CCN(C(=O)C4CC4)C3)nc2n(C2CCOCC2)c1=O. The molecule has 1 aliphatic carbocycles. The number of benzene rings is 1. The van der Waals surface area contributed by atoms with Crippen LogP contribution in [0.1, 0.15) is 43.7 Å². The molecule has 2 aliphatic heterocycles. The molecular formula is C27H31N5O3. The van der Waals surface area contributed by atoms with Gasteiger partial charge in [-0.3, -0.25) is 14.2 Å². The minimum Gasteiger partial charge on any atom is -0.381 e. The van der Waals surface area contributed by atoms with Gasteiger partial charge in [0.05, 0.1) is 0 Å². The monoisotopic (exact) mass is 473 g/mol. The Bertz CT molecular complexity index is 1330. The zero-order chi connectivity index (χ0) is 23.9. The van der Waals surface area contributed by atoms with Crippen molar-refractivity contribution >= 4 is 22.9 Å². The summed E-state index contributed by atoms with van der Waals surface area (Å²) in [6.07, 6.45) is 6.28. The molecule has 6 rings (SSSR count). The lowest BCUT2D eigenvalue weighted by atomic mass is 10.00. The van der Waals surface area contributed by atoms with E-state index >= 15 is 0 Å². The molecule has 2 saturated heterocycles. The van der Waals surface area contributed by atoms with Crippen LogP contribution in [0.25, 0.3) is 22.2 Å². The summed E-state index contributed by atoms with van der Waals surface area (Å²) in [6, 6.07) is 10.0. The summed E-state index contributed by atoms with van der Waals surface area (Å²) in [7, 11) is 0. The van der Waals surface area contributed by atoms with Gasteiger partial charge in [0.15, 0.2) is 0 Å². The smallest absolute Gasteiger partial charge is 0.260 e. The maximum Gasteiger partial charge on any atom is 0.260 e. The molecular weight excluding hydrogens is 442 g/mol. The van der Waals surface area contributed by atoms with Crippen molar-refractivity contribution in [3.8, 4) is 11.1 Å². The third kappa shape index (κ3) is 4.31. The van der Waals surface area contributed by atoms with E-state index in [1.165, 1.54) is 0 Å². The van der Waals surface area contributed by atoms with Crippen molar-refractivity contribution in [2.75, 3.05) is 31.6 Å². The lowest BCUT2D eigenvalue weighted by Gasteiger charge is -2.26. The number of fused-ring (bicyclic) bond motifs is 1. The van der Waals surface area contributed by atoms with Gasteiger partial charge >= 0.3 is 0 Å². The molecule has 0 spiro atoms. The van der Waals surface area contributed by atoms with Crippen molar-refractivity contribution in [1.29, 1.82) is 0 Å². The van der Waals surface area contributed by atoms with E-state index in [-0.39, 0.29) is 29.5 Å². The first-order chi connectivity index (χ1) is 17.1. The molecule has 182 valence electrons. The Hall–Kier alpha value is -3.26. The summed E-state index contributed by atoms with van der Waals surface area (Å²) >= 11 is 0. The molecule has 0 radical (unpaired) electrons. The number of nitrogens with one attached hydrogen (secondary N) is 1. The minimum atomic E-state index is -0.0228. The molecule has 0 bridgehead atoms. The van der Waals surface area contributed by atoms with Gasteiger partial charge in [-0.05, 0) is 56.2 Å². The van der Waals surface area contributed by atoms with E-state index in [1.54, 1.807) is 0 Å². The fourth-order valence-electron chi connectivity index (χ4n) is 5.39. The van der Waals surface area contributed by atoms with Crippen LogP contribution in [0.5, 0.6) is 0 Å². The highest BCUT2D eigenvalue weighted by Crippen LogP contribution is 2.32. The van der Waals surface area contributed by atoms with Crippen LogP contribution in [0, 0.1) is 12.8 Å². The second-order valence-electron chi connectivity index (χ2n) is 10.1. The zero-order valence-electron chi connectivity index (χ0n) is 20.1. The normalized spacial score (nSPS) is 20.9. The Labute approximate surface area is 204 Å². The van der Waals surface area contributed by atoms with Gasteiger partial charge in [0, 0.05) is 61.5 Å². The summed E-state index contributed by atoms with van der Waals surface area (Å²) in [5.41, 5.74) is 3.31. The lowest BCUT2D eigenvalue weighted by molar-refractivity contribution is -0.131. The molecule has 1 N–H and O–H groups in total. The largest absolute Gasteiger partial charge is 0.381 e. The second kappa shape index (κ2) is 9.07. The molecule has 1 aromatic carbocycles. The molecule has 35 heavy (non-hydrogen) atoms. The van der Waals surface area contributed by atoms with E-state index in [0.717, 1.165) is 55.2 Å². The summed E-state index contributed by atoms with van der Waals surface area (Å²) < 4.78 is 7.44. The van der Waals surface area contributed by atoms with Gasteiger partial charge in [-0.15, -0.1) is 0 Å². The second-order valence-corrected chi connectivity index (χ2v) is 10.1. The van der Waals surface area contributed by atoms with Crippen LogP contribution in [0.15, 0.2) is 41.3 Å². The number of carbonyl (C=O) groups is 1. The number of aryl methyl sites for hydroxylation is 1. The number of anilines is 1. The van der Waals surface area contributed by atoms with Gasteiger partial charge in [0.2, 0.25) is 11.9 Å². The minimum absolute atomic E-state index is 0.0228. The van der Waals surface area contributed by atoms with Gasteiger partial charge in [-0.1, -0.05) is 24.3 Å². The van der Waals surface area contributed by atoms with Crippen LogP contribution in [0.2, 0.25) is 0 Å². The number of hydrogen-bond acceptors (Lipinski definition) is 6. The Morgan fingerprint density at radius 2 is 1.89 bits per heavy atom. The Kier molecular flexibility index (Phi) is 5.76. The zero-order valence-corrected chi connectivity index (χ0v) is 20.1. The summed E-state index contributed by atoms with van der Waals surface area (Å²) in [5, 5.41) is 4.27. The molecule has 1 amide bonds. The third-order valence-corrected chi connectivity index (χ3v) is 7.52. The van der Waals surface area contributed by atoms with Crippen LogP contribution in [-0.2, 0) is 9.53 Å². The van der Waals surface area contributed by atoms with Crippen molar-refractivity contribution < 1.29 is 9.53 Å². The Morgan fingerprint density at radius 3 is 2.66 bits per heavy atom. The fraction of sp³-hybridized carbons (Fsp3) is 0.481. The van der Waals surface area contributed by atoms with Crippen LogP contribution < -0.4 is 10.9 Å².